The molecule has 80 heavy (non-hydrogen) atoms. The van der Waals surface area contributed by atoms with Crippen molar-refractivity contribution in [2.75, 3.05) is 109 Å². The molecule has 2 aliphatic heterocycles. The van der Waals surface area contributed by atoms with E-state index in [1.165, 1.54) is 0 Å². The summed E-state index contributed by atoms with van der Waals surface area (Å²) in [6.07, 6.45) is -1.10. The number of aliphatic carboxylic acids is 4. The highest BCUT2D eigenvalue weighted by Gasteiger charge is 2.34. The minimum atomic E-state index is -0.901. The molecular formula is C58H70N12O10+4. The van der Waals surface area contributed by atoms with Crippen LogP contribution in [0.1, 0.15) is 25.7 Å². The first-order chi connectivity index (χ1) is 37.8. The molecule has 0 fully saturated rings. The zero-order valence-corrected chi connectivity index (χ0v) is 46.4. The molecule has 8 bridgehead atoms. The summed E-state index contributed by atoms with van der Waals surface area (Å²) in [5.41, 5.74) is 4.74. The standard InChI is InChI=1S/C58H66N12O10/c1-67(2,25-21-47(71)72)31-37(32-68(3,4)26-22-48(73)74)79-35-17-19-43-45(29-35)58-64-55(43)62-53-40-14-10-9-13-39(40)51(60-53)59-52-41-15-11-12-16-42(41)54(61-52)63-57-46-30-36(18-20-44(46)56(65-57)66-58)80-38(33-69(5,6)27-23-49(75)76)34-70(7,8)28-24-50(77)78/h9-20,29-30,37-38H,21-28,31-34H2,1-8H3,(H2-4,59,60,61,62,63,64,65,66,71,72,73,74,75,76,77,78)/p+4. The van der Waals surface area contributed by atoms with Gasteiger partial charge < -0.3 is 57.8 Å². The SMILES string of the molecule is C[N+](C)(CCC(=O)O)CC(C[N+](C)(C)CCC(=O)O)Oc1ccc2c(c1)-c1nc-2nc2[nH]c(nc3nc(nc4[nH]c(n1)c1ccc(OC(C[N+](C)(C)CCC(=O)O)C[N+](C)(C)CCC(=O)O)cc41)-c1ccccc1-3)c1ccccc21. The fourth-order valence-corrected chi connectivity index (χ4v) is 10.6. The third-order valence-electron chi connectivity index (χ3n) is 14.7. The van der Waals surface area contributed by atoms with Gasteiger partial charge in [-0.1, -0.05) is 48.5 Å². The molecule has 5 heterocycles. The molecular weight excluding hydrogens is 1020 g/mol. The third kappa shape index (κ3) is 13.5. The number of rotatable bonds is 24. The van der Waals surface area contributed by atoms with Crippen LogP contribution in [0.5, 0.6) is 11.5 Å². The van der Waals surface area contributed by atoms with E-state index < -0.39 is 36.1 Å². The van der Waals surface area contributed by atoms with E-state index in [9.17, 15) is 39.6 Å². The molecule has 4 aromatic carbocycles. The predicted octanol–water partition coefficient (Wildman–Crippen LogP) is 6.57. The number of carbonyl (C=O) groups is 4. The monoisotopic (exact) mass is 1090 g/mol. The molecule has 0 unspecified atom stereocenters. The van der Waals surface area contributed by atoms with Gasteiger partial charge in [-0.05, 0) is 36.4 Å². The molecule has 0 amide bonds. The number of nitrogens with one attached hydrogen (secondary N) is 2. The van der Waals surface area contributed by atoms with Crippen LogP contribution in [0.3, 0.4) is 0 Å². The molecule has 0 saturated heterocycles. The van der Waals surface area contributed by atoms with Crippen LogP contribution in [0, 0.1) is 0 Å². The lowest BCUT2D eigenvalue weighted by molar-refractivity contribution is -0.913. The number of ether oxygens (including phenoxy) is 2. The summed E-state index contributed by atoms with van der Waals surface area (Å²) in [5.74, 6) is -1.05. The number of carboxylic acids is 4. The first kappa shape index (κ1) is 56.3. The smallest absolute Gasteiger partial charge is 0.309 e. The molecule has 0 radical (unpaired) electrons. The van der Waals surface area contributed by atoms with Gasteiger partial charge >= 0.3 is 23.9 Å². The van der Waals surface area contributed by atoms with Crippen molar-refractivity contribution in [1.29, 1.82) is 0 Å². The molecule has 6 N–H and O–H groups in total. The number of benzene rings is 4. The van der Waals surface area contributed by atoms with Crippen molar-refractivity contribution in [1.82, 2.24) is 39.9 Å². The van der Waals surface area contributed by atoms with Crippen LogP contribution in [0.4, 0.5) is 0 Å². The second-order valence-corrected chi connectivity index (χ2v) is 23.5. The largest absolute Gasteiger partial charge is 0.481 e. The fourth-order valence-electron chi connectivity index (χ4n) is 10.6. The highest BCUT2D eigenvalue weighted by atomic mass is 16.5. The lowest BCUT2D eigenvalue weighted by atomic mass is 10.1. The maximum atomic E-state index is 11.7. The Bertz CT molecular complexity index is 3660. The Kier molecular flexibility index (Phi) is 15.7. The van der Waals surface area contributed by atoms with Crippen molar-refractivity contribution in [2.45, 2.75) is 37.9 Å². The zero-order chi connectivity index (χ0) is 57.3. The van der Waals surface area contributed by atoms with E-state index in [-0.39, 0.29) is 25.7 Å². The Morgan fingerprint density at radius 3 is 1.10 bits per heavy atom. The molecule has 22 nitrogen and oxygen atoms in total. The number of carboxylic acid groups (broad SMARTS) is 4. The fraction of sp³-hybridized carbons (Fsp3) is 0.379. The second kappa shape index (κ2) is 22.4. The summed E-state index contributed by atoms with van der Waals surface area (Å²) in [6.45, 7) is 3.11. The van der Waals surface area contributed by atoms with Crippen LogP contribution in [0.25, 0.3) is 89.7 Å². The van der Waals surface area contributed by atoms with Crippen molar-refractivity contribution in [3.8, 4) is 57.1 Å². The number of H-pyrrole nitrogens is 2. The highest BCUT2D eigenvalue weighted by molar-refractivity contribution is 6.06. The van der Waals surface area contributed by atoms with Gasteiger partial charge in [0, 0.05) is 43.8 Å². The van der Waals surface area contributed by atoms with Gasteiger partial charge in [-0.2, -0.15) is 0 Å². The van der Waals surface area contributed by atoms with E-state index in [4.69, 9.17) is 39.4 Å². The number of aromatic amines is 2. The average molecular weight is 1100 g/mol. The van der Waals surface area contributed by atoms with E-state index in [1.807, 2.05) is 141 Å². The Morgan fingerprint density at radius 1 is 0.400 bits per heavy atom. The molecule has 0 aliphatic carbocycles. The second-order valence-electron chi connectivity index (χ2n) is 23.5. The first-order valence-electron chi connectivity index (χ1n) is 26.6. The lowest BCUT2D eigenvalue weighted by Gasteiger charge is -2.37. The molecule has 3 aromatic heterocycles. The van der Waals surface area contributed by atoms with Crippen molar-refractivity contribution in [3.63, 3.8) is 0 Å². The van der Waals surface area contributed by atoms with E-state index in [2.05, 4.69) is 9.97 Å². The summed E-state index contributed by atoms with van der Waals surface area (Å²) in [4.78, 5) is 84.8. The normalized spacial score (nSPS) is 12.7. The zero-order valence-electron chi connectivity index (χ0n) is 46.4. The van der Waals surface area contributed by atoms with Gasteiger partial charge in [0.1, 0.15) is 60.3 Å². The Labute approximate surface area is 461 Å². The van der Waals surface area contributed by atoms with Crippen molar-refractivity contribution in [3.05, 3.63) is 84.9 Å². The Hall–Kier alpha value is -8.44. The van der Waals surface area contributed by atoms with Crippen molar-refractivity contribution >= 4 is 68.0 Å². The van der Waals surface area contributed by atoms with E-state index >= 15 is 0 Å². The van der Waals surface area contributed by atoms with E-state index in [0.717, 1.165) is 21.9 Å². The maximum absolute atomic E-state index is 11.7. The van der Waals surface area contributed by atoms with Gasteiger partial charge in [0.05, 0.1) is 108 Å². The van der Waals surface area contributed by atoms with Gasteiger partial charge in [-0.15, -0.1) is 0 Å². The maximum Gasteiger partial charge on any atom is 0.309 e. The molecule has 7 aromatic rings. The van der Waals surface area contributed by atoms with Gasteiger partial charge in [-0.25, -0.2) is 29.9 Å². The number of nitrogens with zero attached hydrogens (tertiary/aromatic N) is 10. The Balaban J connectivity index is 1.23. The summed E-state index contributed by atoms with van der Waals surface area (Å²) in [6, 6.07) is 26.8. The highest BCUT2D eigenvalue weighted by Crippen LogP contribution is 2.39. The molecule has 418 valence electrons. The number of likely N-dealkylation sites (N-methyl/N-ethyl adjacent to an activating group) is 4. The van der Waals surface area contributed by atoms with Gasteiger partial charge in [-0.3, -0.25) is 19.2 Å². The average Bonchev–Trinajstić information content (AvgIpc) is 4.11. The van der Waals surface area contributed by atoms with Gasteiger partial charge in [0.25, 0.3) is 0 Å². The molecule has 22 heteroatoms. The van der Waals surface area contributed by atoms with Crippen LogP contribution >= 0.6 is 0 Å². The summed E-state index contributed by atoms with van der Waals surface area (Å²) in [7, 11) is 15.6. The van der Waals surface area contributed by atoms with Crippen LogP contribution in [-0.2, 0) is 19.2 Å². The quantitative estimate of drug-likeness (QED) is 0.0349. The number of fused-ring (bicyclic) bond motifs is 20. The van der Waals surface area contributed by atoms with Crippen LogP contribution < -0.4 is 9.47 Å². The number of hydrogen-bond acceptors (Lipinski definition) is 12. The van der Waals surface area contributed by atoms with Crippen molar-refractivity contribution < 1.29 is 67.0 Å². The predicted molar refractivity (Wildman–Crippen MR) is 301 cm³/mol. The first-order valence-corrected chi connectivity index (χ1v) is 26.6. The molecule has 0 atom stereocenters. The minimum absolute atomic E-state index is 0.0365. The molecule has 9 rings (SSSR count). The van der Waals surface area contributed by atoms with Gasteiger partial charge in [0.15, 0.2) is 35.5 Å². The molecule has 0 saturated carbocycles. The van der Waals surface area contributed by atoms with E-state index in [0.29, 0.717) is 150 Å². The molecule has 0 spiro atoms. The van der Waals surface area contributed by atoms with Gasteiger partial charge in [0.2, 0.25) is 0 Å². The number of hydrogen-bond donors (Lipinski definition) is 6. The van der Waals surface area contributed by atoms with E-state index in [1.54, 1.807) is 0 Å². The van der Waals surface area contributed by atoms with Crippen LogP contribution in [0.2, 0.25) is 0 Å². The van der Waals surface area contributed by atoms with Crippen LogP contribution in [-0.4, -0.2) is 223 Å². The number of quaternary nitrogens is 4. The minimum Gasteiger partial charge on any atom is -0.481 e. The lowest BCUT2D eigenvalue weighted by Crippen LogP contribution is -2.55. The third-order valence-corrected chi connectivity index (χ3v) is 14.7. The number of aromatic nitrogens is 8. The van der Waals surface area contributed by atoms with Crippen LogP contribution in [0.15, 0.2) is 84.9 Å². The Morgan fingerprint density at radius 2 is 0.713 bits per heavy atom. The summed E-state index contributed by atoms with van der Waals surface area (Å²) in [5, 5.41) is 41.3. The molecule has 2 aliphatic rings. The topological polar surface area (TPSA) is 277 Å². The summed E-state index contributed by atoms with van der Waals surface area (Å²) >= 11 is 0. The summed E-state index contributed by atoms with van der Waals surface area (Å²) < 4.78 is 15.1. The van der Waals surface area contributed by atoms with Crippen molar-refractivity contribution in [2.24, 2.45) is 0 Å².